The predicted octanol–water partition coefficient (Wildman–Crippen LogP) is 3.28. The minimum atomic E-state index is -0.295. The molecule has 0 unspecified atom stereocenters. The van der Waals surface area contributed by atoms with Crippen molar-refractivity contribution in [2.24, 2.45) is 0 Å². The van der Waals surface area contributed by atoms with Crippen LogP contribution in [0.25, 0.3) is 0 Å². The summed E-state index contributed by atoms with van der Waals surface area (Å²) in [5.74, 6) is 0.00217. The van der Waals surface area contributed by atoms with Crippen molar-refractivity contribution in [1.82, 2.24) is 0 Å². The van der Waals surface area contributed by atoms with Crippen LogP contribution >= 0.6 is 15.9 Å². The highest BCUT2D eigenvalue weighted by Gasteiger charge is 2.33. The molecular formula is C13H16BrFO2. The Labute approximate surface area is 109 Å². The highest BCUT2D eigenvalue weighted by atomic mass is 79.9. The van der Waals surface area contributed by atoms with Gasteiger partial charge in [-0.3, -0.25) is 0 Å². The number of halogens is 2. The van der Waals surface area contributed by atoms with Crippen molar-refractivity contribution in [1.29, 1.82) is 0 Å². The normalized spacial score (nSPS) is 19.0. The molecule has 0 aliphatic carbocycles. The first-order valence-electron chi connectivity index (χ1n) is 5.69. The Hall–Kier alpha value is -0.610. The lowest BCUT2D eigenvalue weighted by Crippen LogP contribution is -2.35. The zero-order valence-electron chi connectivity index (χ0n) is 9.84. The van der Waals surface area contributed by atoms with Crippen LogP contribution in [0, 0.1) is 5.82 Å². The second kappa shape index (κ2) is 5.36. The topological polar surface area (TPSA) is 18.5 Å². The van der Waals surface area contributed by atoms with Crippen LogP contribution < -0.4 is 4.74 Å². The van der Waals surface area contributed by atoms with Gasteiger partial charge in [0.25, 0.3) is 0 Å². The minimum absolute atomic E-state index is 0.00857. The Morgan fingerprint density at radius 3 is 2.65 bits per heavy atom. The third-order valence-electron chi connectivity index (χ3n) is 3.47. The first-order valence-corrected chi connectivity index (χ1v) is 6.82. The maximum absolute atomic E-state index is 13.7. The molecule has 0 amide bonds. The second-order valence-corrected chi connectivity index (χ2v) is 4.94. The van der Waals surface area contributed by atoms with Crippen LogP contribution in [-0.4, -0.2) is 25.7 Å². The number of hydrogen-bond donors (Lipinski definition) is 0. The summed E-state index contributed by atoms with van der Waals surface area (Å²) < 4.78 is 24.1. The van der Waals surface area contributed by atoms with E-state index in [-0.39, 0.29) is 11.2 Å². The molecule has 0 bridgehead atoms. The molecule has 2 rings (SSSR count). The summed E-state index contributed by atoms with van der Waals surface area (Å²) in [5, 5.41) is 0.829. The Morgan fingerprint density at radius 2 is 2.12 bits per heavy atom. The molecule has 1 aliphatic heterocycles. The van der Waals surface area contributed by atoms with Crippen molar-refractivity contribution in [2.45, 2.75) is 18.3 Å². The number of methoxy groups -OCH3 is 1. The molecule has 0 saturated carbocycles. The summed E-state index contributed by atoms with van der Waals surface area (Å²) in [5.41, 5.74) is 1.02. The van der Waals surface area contributed by atoms with Gasteiger partial charge in [-0.25, -0.2) is 4.39 Å². The molecule has 0 N–H and O–H groups in total. The smallest absolute Gasteiger partial charge is 0.165 e. The maximum atomic E-state index is 13.7. The lowest BCUT2D eigenvalue weighted by Gasteiger charge is -2.36. The average Bonchev–Trinajstić information content (AvgIpc) is 2.39. The molecule has 0 spiro atoms. The summed E-state index contributed by atoms with van der Waals surface area (Å²) >= 11 is 3.56. The summed E-state index contributed by atoms with van der Waals surface area (Å²) in [4.78, 5) is 0. The molecular weight excluding hydrogens is 287 g/mol. The van der Waals surface area contributed by atoms with Crippen molar-refractivity contribution in [3.8, 4) is 5.75 Å². The van der Waals surface area contributed by atoms with Gasteiger partial charge in [0.1, 0.15) is 0 Å². The maximum Gasteiger partial charge on any atom is 0.165 e. The van der Waals surface area contributed by atoms with E-state index in [0.717, 1.165) is 36.9 Å². The van der Waals surface area contributed by atoms with Crippen LogP contribution in [0.15, 0.2) is 18.2 Å². The Balaban J connectivity index is 2.33. The fraction of sp³-hybridized carbons (Fsp3) is 0.538. The average molecular weight is 303 g/mol. The SMILES string of the molecule is COc1ccc(C2(CBr)CCOCC2)cc1F. The predicted molar refractivity (Wildman–Crippen MR) is 68.5 cm³/mol. The fourth-order valence-corrected chi connectivity index (χ4v) is 3.14. The van der Waals surface area contributed by atoms with E-state index >= 15 is 0 Å². The van der Waals surface area contributed by atoms with E-state index in [0.29, 0.717) is 5.75 Å². The van der Waals surface area contributed by atoms with Crippen molar-refractivity contribution >= 4 is 15.9 Å². The molecule has 17 heavy (non-hydrogen) atoms. The highest BCUT2D eigenvalue weighted by molar-refractivity contribution is 9.09. The van der Waals surface area contributed by atoms with Gasteiger partial charge >= 0.3 is 0 Å². The molecule has 94 valence electrons. The molecule has 0 aromatic heterocycles. The van der Waals surface area contributed by atoms with Gasteiger partial charge in [-0.15, -0.1) is 0 Å². The molecule has 4 heteroatoms. The van der Waals surface area contributed by atoms with E-state index in [9.17, 15) is 4.39 Å². The molecule has 1 aliphatic rings. The van der Waals surface area contributed by atoms with Crippen molar-refractivity contribution in [3.63, 3.8) is 0 Å². The van der Waals surface area contributed by atoms with E-state index in [1.165, 1.54) is 7.11 Å². The van der Waals surface area contributed by atoms with E-state index in [1.807, 2.05) is 6.07 Å². The van der Waals surface area contributed by atoms with Gasteiger partial charge in [0.15, 0.2) is 11.6 Å². The molecule has 1 saturated heterocycles. The van der Waals surface area contributed by atoms with E-state index in [4.69, 9.17) is 9.47 Å². The van der Waals surface area contributed by atoms with Crippen molar-refractivity contribution < 1.29 is 13.9 Å². The third kappa shape index (κ3) is 2.47. The van der Waals surface area contributed by atoms with Crippen molar-refractivity contribution in [2.75, 3.05) is 25.7 Å². The van der Waals surface area contributed by atoms with Crippen molar-refractivity contribution in [3.05, 3.63) is 29.6 Å². The lowest BCUT2D eigenvalue weighted by molar-refractivity contribution is 0.0582. The fourth-order valence-electron chi connectivity index (χ4n) is 2.26. The van der Waals surface area contributed by atoms with Gasteiger partial charge in [0, 0.05) is 24.0 Å². The van der Waals surface area contributed by atoms with E-state index < -0.39 is 0 Å². The monoisotopic (exact) mass is 302 g/mol. The molecule has 1 aromatic carbocycles. The number of hydrogen-bond acceptors (Lipinski definition) is 2. The van der Waals surface area contributed by atoms with Gasteiger partial charge in [-0.1, -0.05) is 22.0 Å². The molecule has 1 heterocycles. The van der Waals surface area contributed by atoms with Gasteiger partial charge in [-0.05, 0) is 30.5 Å². The minimum Gasteiger partial charge on any atom is -0.494 e. The van der Waals surface area contributed by atoms with Crippen LogP contribution in [0.1, 0.15) is 18.4 Å². The second-order valence-electron chi connectivity index (χ2n) is 4.38. The van der Waals surface area contributed by atoms with Gasteiger partial charge < -0.3 is 9.47 Å². The molecule has 0 atom stereocenters. The lowest BCUT2D eigenvalue weighted by atomic mass is 9.76. The molecule has 1 fully saturated rings. The number of rotatable bonds is 3. The first kappa shape index (κ1) is 12.8. The molecule has 2 nitrogen and oxygen atoms in total. The van der Waals surface area contributed by atoms with Crippen LogP contribution in [0.5, 0.6) is 5.75 Å². The third-order valence-corrected chi connectivity index (χ3v) is 4.54. The summed E-state index contributed by atoms with van der Waals surface area (Å²) in [7, 11) is 1.48. The first-order chi connectivity index (χ1) is 8.22. The van der Waals surface area contributed by atoms with E-state index in [1.54, 1.807) is 12.1 Å². The zero-order chi connectivity index (χ0) is 12.3. The Bertz CT molecular complexity index is 389. The molecule has 0 radical (unpaired) electrons. The number of benzene rings is 1. The standard InChI is InChI=1S/C13H16BrFO2/c1-16-12-3-2-10(8-11(12)15)13(9-14)4-6-17-7-5-13/h2-3,8H,4-7,9H2,1H3. The quantitative estimate of drug-likeness (QED) is 0.798. The zero-order valence-corrected chi connectivity index (χ0v) is 11.4. The van der Waals surface area contributed by atoms with Gasteiger partial charge in [0.2, 0.25) is 0 Å². The Morgan fingerprint density at radius 1 is 1.41 bits per heavy atom. The summed E-state index contributed by atoms with van der Waals surface area (Å²) in [6.07, 6.45) is 1.84. The Kier molecular flexibility index (Phi) is 4.05. The largest absolute Gasteiger partial charge is 0.494 e. The molecule has 1 aromatic rings. The van der Waals surface area contributed by atoms with Gasteiger partial charge in [-0.2, -0.15) is 0 Å². The van der Waals surface area contributed by atoms with Crippen LogP contribution in [0.3, 0.4) is 0 Å². The van der Waals surface area contributed by atoms with Gasteiger partial charge in [0.05, 0.1) is 7.11 Å². The van der Waals surface area contributed by atoms with Crippen LogP contribution in [0.2, 0.25) is 0 Å². The van der Waals surface area contributed by atoms with Crippen LogP contribution in [-0.2, 0) is 10.2 Å². The number of alkyl halides is 1. The summed E-state index contributed by atoms with van der Waals surface area (Å²) in [6, 6.07) is 5.24. The van der Waals surface area contributed by atoms with Crippen LogP contribution in [0.4, 0.5) is 4.39 Å². The van der Waals surface area contributed by atoms with E-state index in [2.05, 4.69) is 15.9 Å². The highest BCUT2D eigenvalue weighted by Crippen LogP contribution is 2.37. The number of ether oxygens (including phenoxy) is 2. The summed E-state index contributed by atoms with van der Waals surface area (Å²) in [6.45, 7) is 1.47.